The number of H-pyrrole nitrogens is 1. The fraction of sp³-hybridized carbons (Fsp3) is 0. The molecule has 2 heteroatoms. The highest BCUT2D eigenvalue weighted by Gasteiger charge is 2.10. The number of para-hydroxylation sites is 1. The summed E-state index contributed by atoms with van der Waals surface area (Å²) in [5.74, 6) is 0. The first-order chi connectivity index (χ1) is 11.4. The molecule has 23 heavy (non-hydrogen) atoms. The lowest BCUT2D eigenvalue weighted by Gasteiger charge is -2.10. The van der Waals surface area contributed by atoms with E-state index in [-0.39, 0.29) is 0 Å². The van der Waals surface area contributed by atoms with Crippen LogP contribution < -0.4 is 0 Å². The molecule has 0 saturated heterocycles. The Morgan fingerprint density at radius 1 is 0.609 bits per heavy atom. The number of hydrogen-bond donors (Lipinski definition) is 1. The summed E-state index contributed by atoms with van der Waals surface area (Å²) in [6, 6.07) is 25.8. The summed E-state index contributed by atoms with van der Waals surface area (Å²) in [7, 11) is 0. The highest BCUT2D eigenvalue weighted by atomic mass is 14.9. The van der Waals surface area contributed by atoms with Crippen molar-refractivity contribution in [1.82, 2.24) is 9.97 Å². The van der Waals surface area contributed by atoms with Crippen molar-refractivity contribution in [1.29, 1.82) is 0 Å². The predicted octanol–water partition coefficient (Wildman–Crippen LogP) is 5.54. The second-order valence-electron chi connectivity index (χ2n) is 5.79. The molecule has 0 aliphatic heterocycles. The third-order valence-corrected chi connectivity index (χ3v) is 4.53. The van der Waals surface area contributed by atoms with Gasteiger partial charge in [0, 0.05) is 5.56 Å². The third kappa shape index (κ3) is 1.78. The molecule has 1 aromatic heterocycles. The maximum Gasteiger partial charge on any atom is 0.0961 e. The Labute approximate surface area is 133 Å². The van der Waals surface area contributed by atoms with Crippen LogP contribution in [-0.4, -0.2) is 9.97 Å². The number of nitrogens with zero attached hydrogens (tertiary/aromatic N) is 1. The Hall–Kier alpha value is -3.13. The number of imidazole rings is 1. The van der Waals surface area contributed by atoms with Gasteiger partial charge < -0.3 is 4.98 Å². The van der Waals surface area contributed by atoms with E-state index in [0.29, 0.717) is 0 Å². The van der Waals surface area contributed by atoms with Crippen molar-refractivity contribution in [2.24, 2.45) is 0 Å². The van der Waals surface area contributed by atoms with E-state index in [1.165, 1.54) is 32.7 Å². The quantitative estimate of drug-likeness (QED) is 0.404. The van der Waals surface area contributed by atoms with E-state index >= 15 is 0 Å². The van der Waals surface area contributed by atoms with E-state index in [1.807, 2.05) is 0 Å². The molecular formula is C21H14N2. The molecule has 5 rings (SSSR count). The molecule has 0 aliphatic rings. The molecule has 0 spiro atoms. The van der Waals surface area contributed by atoms with Gasteiger partial charge in [0.15, 0.2) is 0 Å². The highest BCUT2D eigenvalue weighted by Crippen LogP contribution is 2.35. The average Bonchev–Trinajstić information content (AvgIpc) is 3.10. The lowest BCUT2D eigenvalue weighted by molar-refractivity contribution is 1.34. The van der Waals surface area contributed by atoms with Crippen molar-refractivity contribution in [2.75, 3.05) is 0 Å². The molecule has 0 amide bonds. The van der Waals surface area contributed by atoms with Gasteiger partial charge in [-0.15, -0.1) is 0 Å². The first-order valence-corrected chi connectivity index (χ1v) is 7.75. The zero-order chi connectivity index (χ0) is 15.2. The summed E-state index contributed by atoms with van der Waals surface area (Å²) in [6.45, 7) is 0. The summed E-state index contributed by atoms with van der Waals surface area (Å²) in [5.41, 5.74) is 4.49. The molecule has 108 valence electrons. The van der Waals surface area contributed by atoms with Gasteiger partial charge in [0.1, 0.15) is 0 Å². The highest BCUT2D eigenvalue weighted by molar-refractivity contribution is 6.13. The van der Waals surface area contributed by atoms with Crippen LogP contribution in [0.5, 0.6) is 0 Å². The van der Waals surface area contributed by atoms with Gasteiger partial charge in [0.25, 0.3) is 0 Å². The van der Waals surface area contributed by atoms with Gasteiger partial charge in [-0.1, -0.05) is 66.7 Å². The Morgan fingerprint density at radius 2 is 1.43 bits per heavy atom. The van der Waals surface area contributed by atoms with E-state index < -0.39 is 0 Å². The monoisotopic (exact) mass is 294 g/mol. The zero-order valence-electron chi connectivity index (χ0n) is 12.5. The second kappa shape index (κ2) is 4.68. The fourth-order valence-corrected chi connectivity index (χ4v) is 3.46. The Balaban J connectivity index is 1.92. The Morgan fingerprint density at radius 3 is 2.43 bits per heavy atom. The van der Waals surface area contributed by atoms with Crippen LogP contribution in [0.25, 0.3) is 43.7 Å². The van der Waals surface area contributed by atoms with E-state index in [0.717, 1.165) is 11.0 Å². The van der Waals surface area contributed by atoms with Gasteiger partial charge >= 0.3 is 0 Å². The van der Waals surface area contributed by atoms with Gasteiger partial charge in [0.05, 0.1) is 17.4 Å². The van der Waals surface area contributed by atoms with Gasteiger partial charge in [-0.2, -0.15) is 0 Å². The van der Waals surface area contributed by atoms with Crippen LogP contribution in [0.2, 0.25) is 0 Å². The lowest BCUT2D eigenvalue weighted by Crippen LogP contribution is -1.85. The van der Waals surface area contributed by atoms with Crippen LogP contribution >= 0.6 is 0 Å². The van der Waals surface area contributed by atoms with Gasteiger partial charge in [-0.3, -0.25) is 0 Å². The fourth-order valence-electron chi connectivity index (χ4n) is 3.46. The number of nitrogens with one attached hydrogen (secondary N) is 1. The molecule has 0 bridgehead atoms. The minimum atomic E-state index is 1.02. The van der Waals surface area contributed by atoms with Crippen molar-refractivity contribution >= 4 is 32.6 Å². The minimum absolute atomic E-state index is 1.02. The SMILES string of the molecule is c1ccc2c(c1)ccc1c(-c3cccc4[nH]cnc34)cccc12. The maximum absolute atomic E-state index is 4.51. The number of benzene rings is 4. The number of fused-ring (bicyclic) bond motifs is 4. The normalized spacial score (nSPS) is 11.5. The summed E-state index contributed by atoms with van der Waals surface area (Å²) in [5, 5.41) is 5.12. The molecular weight excluding hydrogens is 280 g/mol. The molecule has 0 radical (unpaired) electrons. The number of aromatic nitrogens is 2. The van der Waals surface area contributed by atoms with Crippen LogP contribution in [0.1, 0.15) is 0 Å². The summed E-state index contributed by atoms with van der Waals surface area (Å²) < 4.78 is 0. The zero-order valence-corrected chi connectivity index (χ0v) is 12.5. The summed E-state index contributed by atoms with van der Waals surface area (Å²) in [4.78, 5) is 7.70. The van der Waals surface area contributed by atoms with Crippen LogP contribution in [0.3, 0.4) is 0 Å². The van der Waals surface area contributed by atoms with Gasteiger partial charge in [-0.05, 0) is 33.2 Å². The number of hydrogen-bond acceptors (Lipinski definition) is 1. The molecule has 0 fully saturated rings. The summed E-state index contributed by atoms with van der Waals surface area (Å²) in [6.07, 6.45) is 1.76. The topological polar surface area (TPSA) is 28.7 Å². The number of rotatable bonds is 1. The smallest absolute Gasteiger partial charge is 0.0961 e. The molecule has 0 aliphatic carbocycles. The average molecular weight is 294 g/mol. The van der Waals surface area contributed by atoms with Crippen LogP contribution in [0.15, 0.2) is 79.1 Å². The molecule has 5 aromatic rings. The predicted molar refractivity (Wildman–Crippen MR) is 96.5 cm³/mol. The van der Waals surface area contributed by atoms with E-state index in [4.69, 9.17) is 0 Å². The van der Waals surface area contributed by atoms with Crippen LogP contribution in [-0.2, 0) is 0 Å². The first-order valence-electron chi connectivity index (χ1n) is 7.75. The van der Waals surface area contributed by atoms with Crippen molar-refractivity contribution in [3.05, 3.63) is 79.1 Å². The molecule has 4 aromatic carbocycles. The Bertz CT molecular complexity index is 1170. The van der Waals surface area contributed by atoms with Crippen molar-refractivity contribution in [2.45, 2.75) is 0 Å². The van der Waals surface area contributed by atoms with Crippen molar-refractivity contribution < 1.29 is 0 Å². The Kier molecular flexibility index (Phi) is 2.53. The third-order valence-electron chi connectivity index (χ3n) is 4.53. The van der Waals surface area contributed by atoms with Crippen LogP contribution in [0.4, 0.5) is 0 Å². The second-order valence-corrected chi connectivity index (χ2v) is 5.79. The van der Waals surface area contributed by atoms with Crippen molar-refractivity contribution in [3.8, 4) is 11.1 Å². The standard InChI is InChI=1S/C21H14N2/c1-2-6-15-14(5-1)11-12-18-16(15)7-3-8-17(18)19-9-4-10-20-21(19)23-13-22-20/h1-13H,(H,22,23). The molecule has 1 N–H and O–H groups in total. The molecule has 2 nitrogen and oxygen atoms in total. The minimum Gasteiger partial charge on any atom is -0.345 e. The molecule has 0 saturated carbocycles. The maximum atomic E-state index is 4.51. The van der Waals surface area contributed by atoms with E-state index in [2.05, 4.69) is 82.8 Å². The first kappa shape index (κ1) is 12.4. The lowest BCUT2D eigenvalue weighted by atomic mass is 9.94. The van der Waals surface area contributed by atoms with E-state index in [1.54, 1.807) is 6.33 Å². The molecule has 1 heterocycles. The summed E-state index contributed by atoms with van der Waals surface area (Å²) >= 11 is 0. The largest absolute Gasteiger partial charge is 0.345 e. The van der Waals surface area contributed by atoms with Crippen LogP contribution in [0, 0.1) is 0 Å². The molecule has 0 atom stereocenters. The van der Waals surface area contributed by atoms with Crippen molar-refractivity contribution in [3.63, 3.8) is 0 Å². The van der Waals surface area contributed by atoms with Gasteiger partial charge in [0.2, 0.25) is 0 Å². The number of aromatic amines is 1. The molecule has 0 unspecified atom stereocenters. The van der Waals surface area contributed by atoms with E-state index in [9.17, 15) is 0 Å². The van der Waals surface area contributed by atoms with Gasteiger partial charge in [-0.25, -0.2) is 4.98 Å².